The lowest BCUT2D eigenvalue weighted by molar-refractivity contribution is 0.0935. The fourth-order valence-electron chi connectivity index (χ4n) is 1.79. The van der Waals surface area contributed by atoms with Gasteiger partial charge >= 0.3 is 0 Å². The summed E-state index contributed by atoms with van der Waals surface area (Å²) >= 11 is 0. The molecule has 1 aromatic carbocycles. The van der Waals surface area contributed by atoms with Crippen LogP contribution in [0.3, 0.4) is 0 Å². The van der Waals surface area contributed by atoms with Gasteiger partial charge in [-0.2, -0.15) is 0 Å². The molecule has 1 aliphatic carbocycles. The molecule has 0 saturated heterocycles. The average molecular weight is 221 g/mol. The Morgan fingerprint density at radius 2 is 2.19 bits per heavy atom. The molecule has 0 aromatic heterocycles. The van der Waals surface area contributed by atoms with Crippen molar-refractivity contribution in [2.24, 2.45) is 5.92 Å². The van der Waals surface area contributed by atoms with Gasteiger partial charge in [-0.1, -0.05) is 0 Å². The lowest BCUT2D eigenvalue weighted by atomic mass is 10.1. The third-order valence-electron chi connectivity index (χ3n) is 3.11. The van der Waals surface area contributed by atoms with E-state index in [-0.39, 0.29) is 17.8 Å². The zero-order valence-electron chi connectivity index (χ0n) is 9.59. The van der Waals surface area contributed by atoms with Gasteiger partial charge in [-0.15, -0.1) is 0 Å². The Hall–Kier alpha value is -1.38. The minimum Gasteiger partial charge on any atom is -0.349 e. The number of carbonyl (C=O) groups is 1. The van der Waals surface area contributed by atoms with Crippen LogP contribution in [-0.2, 0) is 0 Å². The van der Waals surface area contributed by atoms with E-state index in [9.17, 15) is 9.18 Å². The number of rotatable bonds is 3. The molecule has 2 nitrogen and oxygen atoms in total. The van der Waals surface area contributed by atoms with Crippen LogP contribution in [0, 0.1) is 18.7 Å². The summed E-state index contributed by atoms with van der Waals surface area (Å²) < 4.78 is 13.0. The molecule has 1 amide bonds. The Morgan fingerprint density at radius 3 is 2.75 bits per heavy atom. The highest BCUT2D eigenvalue weighted by Gasteiger charge is 2.29. The molecular weight excluding hydrogens is 205 g/mol. The zero-order chi connectivity index (χ0) is 11.7. The van der Waals surface area contributed by atoms with Crippen molar-refractivity contribution in [3.63, 3.8) is 0 Å². The van der Waals surface area contributed by atoms with Gasteiger partial charge in [0.1, 0.15) is 5.82 Å². The van der Waals surface area contributed by atoms with Crippen LogP contribution < -0.4 is 5.32 Å². The second-order valence-corrected chi connectivity index (χ2v) is 4.56. The van der Waals surface area contributed by atoms with Crippen LogP contribution in [0.2, 0.25) is 0 Å². The van der Waals surface area contributed by atoms with Gasteiger partial charge in [0.25, 0.3) is 5.91 Å². The first-order chi connectivity index (χ1) is 7.58. The fourth-order valence-corrected chi connectivity index (χ4v) is 1.79. The van der Waals surface area contributed by atoms with Gasteiger partial charge < -0.3 is 5.32 Å². The van der Waals surface area contributed by atoms with Gasteiger partial charge in [-0.05, 0) is 56.4 Å². The number of hydrogen-bond donors (Lipinski definition) is 1. The van der Waals surface area contributed by atoms with Gasteiger partial charge in [-0.3, -0.25) is 4.79 Å². The Labute approximate surface area is 94.9 Å². The van der Waals surface area contributed by atoms with E-state index in [2.05, 4.69) is 5.32 Å². The maximum absolute atomic E-state index is 13.0. The molecule has 2 rings (SSSR count). The first-order valence-electron chi connectivity index (χ1n) is 5.65. The molecular formula is C13H16FNO. The number of benzene rings is 1. The number of nitrogens with one attached hydrogen (secondary N) is 1. The number of carbonyl (C=O) groups excluding carboxylic acids is 1. The van der Waals surface area contributed by atoms with E-state index in [1.807, 2.05) is 6.92 Å². The molecule has 1 aromatic rings. The van der Waals surface area contributed by atoms with E-state index in [1.54, 1.807) is 13.0 Å². The predicted molar refractivity (Wildman–Crippen MR) is 60.8 cm³/mol. The lowest BCUT2D eigenvalue weighted by Crippen LogP contribution is -2.34. The quantitative estimate of drug-likeness (QED) is 0.835. The Balaban J connectivity index is 2.05. The van der Waals surface area contributed by atoms with Gasteiger partial charge in [0, 0.05) is 11.6 Å². The van der Waals surface area contributed by atoms with Gasteiger partial charge in [0.2, 0.25) is 0 Å². The van der Waals surface area contributed by atoms with Crippen LogP contribution >= 0.6 is 0 Å². The minimum atomic E-state index is -0.271. The first-order valence-corrected chi connectivity index (χ1v) is 5.65. The van der Waals surface area contributed by atoms with Gasteiger partial charge in [0.15, 0.2) is 0 Å². The normalized spacial score (nSPS) is 16.9. The number of aryl methyl sites for hydroxylation is 1. The Kier molecular flexibility index (Phi) is 2.95. The maximum atomic E-state index is 13.0. The van der Waals surface area contributed by atoms with E-state index in [0.717, 1.165) is 0 Å². The number of hydrogen-bond acceptors (Lipinski definition) is 1. The Morgan fingerprint density at radius 1 is 1.50 bits per heavy atom. The van der Waals surface area contributed by atoms with Crippen molar-refractivity contribution in [1.29, 1.82) is 0 Å². The molecule has 0 spiro atoms. The van der Waals surface area contributed by atoms with Crippen molar-refractivity contribution in [1.82, 2.24) is 5.32 Å². The first kappa shape index (κ1) is 11.1. The van der Waals surface area contributed by atoms with Crippen molar-refractivity contribution >= 4 is 5.91 Å². The molecule has 3 heteroatoms. The molecule has 1 saturated carbocycles. The molecule has 16 heavy (non-hydrogen) atoms. The van der Waals surface area contributed by atoms with Crippen LogP contribution in [0.25, 0.3) is 0 Å². The summed E-state index contributed by atoms with van der Waals surface area (Å²) in [6, 6.07) is 4.67. The Bertz CT molecular complexity index is 412. The molecule has 1 fully saturated rings. The van der Waals surface area contributed by atoms with Crippen LogP contribution in [0.15, 0.2) is 18.2 Å². The van der Waals surface area contributed by atoms with Crippen LogP contribution in [0.4, 0.5) is 4.39 Å². The summed E-state index contributed by atoms with van der Waals surface area (Å²) in [4.78, 5) is 11.8. The van der Waals surface area contributed by atoms with Crippen molar-refractivity contribution in [2.45, 2.75) is 32.7 Å². The smallest absolute Gasteiger partial charge is 0.251 e. The van der Waals surface area contributed by atoms with Crippen LogP contribution in [-0.4, -0.2) is 11.9 Å². The standard InChI is InChI=1S/C13H16FNO/c1-8-7-11(5-6-12(8)14)13(16)15-9(2)10-3-4-10/h5-7,9-10H,3-4H2,1-2H3,(H,15,16). The van der Waals surface area contributed by atoms with Crippen molar-refractivity contribution in [3.05, 3.63) is 35.1 Å². The highest BCUT2D eigenvalue weighted by Crippen LogP contribution is 2.32. The number of amides is 1. The molecule has 1 atom stereocenters. The molecule has 1 N–H and O–H groups in total. The van der Waals surface area contributed by atoms with Gasteiger partial charge in [-0.25, -0.2) is 4.39 Å². The topological polar surface area (TPSA) is 29.1 Å². The summed E-state index contributed by atoms with van der Waals surface area (Å²) in [6.07, 6.45) is 2.40. The largest absolute Gasteiger partial charge is 0.349 e. The predicted octanol–water partition coefficient (Wildman–Crippen LogP) is 2.66. The monoisotopic (exact) mass is 221 g/mol. The van der Waals surface area contributed by atoms with E-state index in [1.165, 1.54) is 25.0 Å². The molecule has 0 bridgehead atoms. The summed E-state index contributed by atoms with van der Waals surface area (Å²) in [6.45, 7) is 3.68. The summed E-state index contributed by atoms with van der Waals surface area (Å²) in [5.41, 5.74) is 1.04. The molecule has 86 valence electrons. The molecule has 1 unspecified atom stereocenters. The second-order valence-electron chi connectivity index (χ2n) is 4.56. The summed E-state index contributed by atoms with van der Waals surface area (Å²) in [5.74, 6) is 0.250. The third kappa shape index (κ3) is 2.40. The second kappa shape index (κ2) is 4.24. The van der Waals surface area contributed by atoms with Crippen molar-refractivity contribution in [3.8, 4) is 0 Å². The third-order valence-corrected chi connectivity index (χ3v) is 3.11. The summed E-state index contributed by atoms with van der Waals surface area (Å²) in [5, 5.41) is 2.94. The number of halogens is 1. The molecule has 0 radical (unpaired) electrons. The van der Waals surface area contributed by atoms with Crippen molar-refractivity contribution < 1.29 is 9.18 Å². The fraction of sp³-hybridized carbons (Fsp3) is 0.462. The van der Waals surface area contributed by atoms with E-state index in [4.69, 9.17) is 0 Å². The summed E-state index contributed by atoms with van der Waals surface area (Å²) in [7, 11) is 0. The molecule has 1 aliphatic rings. The zero-order valence-corrected chi connectivity index (χ0v) is 9.59. The van der Waals surface area contributed by atoms with Gasteiger partial charge in [0.05, 0.1) is 0 Å². The maximum Gasteiger partial charge on any atom is 0.251 e. The van der Waals surface area contributed by atoms with E-state index in [0.29, 0.717) is 17.0 Å². The molecule has 0 aliphatic heterocycles. The van der Waals surface area contributed by atoms with Crippen LogP contribution in [0.1, 0.15) is 35.7 Å². The lowest BCUT2D eigenvalue weighted by Gasteiger charge is -2.13. The SMILES string of the molecule is Cc1cc(C(=O)NC(C)C2CC2)ccc1F. The van der Waals surface area contributed by atoms with E-state index >= 15 is 0 Å². The van der Waals surface area contributed by atoms with E-state index < -0.39 is 0 Å². The highest BCUT2D eigenvalue weighted by atomic mass is 19.1. The average Bonchev–Trinajstić information content (AvgIpc) is 3.05. The highest BCUT2D eigenvalue weighted by molar-refractivity contribution is 5.94. The van der Waals surface area contributed by atoms with Crippen LogP contribution in [0.5, 0.6) is 0 Å². The molecule has 0 heterocycles. The van der Waals surface area contributed by atoms with Crippen molar-refractivity contribution in [2.75, 3.05) is 0 Å². The minimum absolute atomic E-state index is 0.109.